The second kappa shape index (κ2) is 9.50. The predicted octanol–water partition coefficient (Wildman–Crippen LogP) is 2.21. The molecule has 0 saturated heterocycles. The quantitative estimate of drug-likeness (QED) is 0.444. The second-order valence-electron chi connectivity index (χ2n) is 5.40. The van der Waals surface area contributed by atoms with Gasteiger partial charge in [0, 0.05) is 23.9 Å². The number of thioether (sulfide) groups is 1. The first-order valence-corrected chi connectivity index (χ1v) is 8.92. The van der Waals surface area contributed by atoms with Crippen LogP contribution in [0.25, 0.3) is 0 Å². The van der Waals surface area contributed by atoms with Gasteiger partial charge in [0.25, 0.3) is 5.91 Å². The lowest BCUT2D eigenvalue weighted by Gasteiger charge is -2.12. The normalized spacial score (nSPS) is 11.9. The van der Waals surface area contributed by atoms with Crippen LogP contribution in [0.2, 0.25) is 0 Å². The molecule has 23 heavy (non-hydrogen) atoms. The van der Waals surface area contributed by atoms with Gasteiger partial charge >= 0.3 is 5.97 Å². The number of hydrogen-bond acceptors (Lipinski definition) is 6. The molecule has 0 fully saturated rings. The van der Waals surface area contributed by atoms with Crippen molar-refractivity contribution >= 4 is 23.6 Å². The number of rotatable bonds is 8. The summed E-state index contributed by atoms with van der Waals surface area (Å²) in [4.78, 5) is 32.1. The predicted molar refractivity (Wildman–Crippen MR) is 90.5 cm³/mol. The Morgan fingerprint density at radius 1 is 1.26 bits per heavy atom. The molecule has 1 aromatic rings. The van der Waals surface area contributed by atoms with Gasteiger partial charge in [-0.3, -0.25) is 9.59 Å². The van der Waals surface area contributed by atoms with Crippen molar-refractivity contribution in [3.63, 3.8) is 0 Å². The lowest BCUT2D eigenvalue weighted by molar-refractivity contribution is -0.148. The van der Waals surface area contributed by atoms with Crippen LogP contribution in [-0.2, 0) is 20.7 Å². The molecule has 1 atom stereocenters. The molecule has 0 radical (unpaired) electrons. The SMILES string of the molecule is CCC(C)NC(=O)COC(=O)CCc1c(C)nc(SC)nc1C. The first-order chi connectivity index (χ1) is 10.9. The fraction of sp³-hybridized carbons (Fsp3) is 0.625. The molecular weight excluding hydrogens is 314 g/mol. The van der Waals surface area contributed by atoms with Crippen LogP contribution < -0.4 is 5.32 Å². The monoisotopic (exact) mass is 339 g/mol. The van der Waals surface area contributed by atoms with Gasteiger partial charge < -0.3 is 10.1 Å². The summed E-state index contributed by atoms with van der Waals surface area (Å²) in [5.74, 6) is -0.662. The second-order valence-corrected chi connectivity index (χ2v) is 6.17. The maximum Gasteiger partial charge on any atom is 0.306 e. The number of carbonyl (C=O) groups is 2. The number of amides is 1. The Kier molecular flexibility index (Phi) is 8.02. The third-order valence-electron chi connectivity index (χ3n) is 3.55. The van der Waals surface area contributed by atoms with E-state index in [4.69, 9.17) is 4.74 Å². The molecule has 0 aromatic carbocycles. The van der Waals surface area contributed by atoms with E-state index in [1.54, 1.807) is 0 Å². The summed E-state index contributed by atoms with van der Waals surface area (Å²) in [6.07, 6.45) is 3.48. The Morgan fingerprint density at radius 3 is 2.39 bits per heavy atom. The van der Waals surface area contributed by atoms with E-state index < -0.39 is 5.97 Å². The summed E-state index contributed by atoms with van der Waals surface area (Å²) in [7, 11) is 0. The summed E-state index contributed by atoms with van der Waals surface area (Å²) in [5.41, 5.74) is 2.72. The van der Waals surface area contributed by atoms with Crippen LogP contribution in [0.4, 0.5) is 0 Å². The molecule has 1 N–H and O–H groups in total. The molecule has 1 unspecified atom stereocenters. The van der Waals surface area contributed by atoms with Crippen LogP contribution >= 0.6 is 11.8 Å². The highest BCUT2D eigenvalue weighted by atomic mass is 32.2. The van der Waals surface area contributed by atoms with Gasteiger partial charge in [-0.2, -0.15) is 0 Å². The van der Waals surface area contributed by atoms with Crippen molar-refractivity contribution in [1.82, 2.24) is 15.3 Å². The van der Waals surface area contributed by atoms with Crippen molar-refractivity contribution in [2.45, 2.75) is 58.2 Å². The van der Waals surface area contributed by atoms with Crippen LogP contribution in [0.1, 0.15) is 43.6 Å². The fourth-order valence-corrected chi connectivity index (χ4v) is 2.48. The average molecular weight is 339 g/mol. The van der Waals surface area contributed by atoms with Crippen molar-refractivity contribution in [1.29, 1.82) is 0 Å². The van der Waals surface area contributed by atoms with Gasteiger partial charge in [0.1, 0.15) is 0 Å². The zero-order valence-corrected chi connectivity index (χ0v) is 15.2. The molecule has 0 aliphatic carbocycles. The molecule has 1 heterocycles. The molecule has 0 spiro atoms. The number of nitrogens with one attached hydrogen (secondary N) is 1. The molecule has 6 nitrogen and oxygen atoms in total. The number of ether oxygens (including phenoxy) is 1. The third-order valence-corrected chi connectivity index (χ3v) is 4.09. The van der Waals surface area contributed by atoms with Gasteiger partial charge in [-0.25, -0.2) is 9.97 Å². The first-order valence-electron chi connectivity index (χ1n) is 7.70. The first kappa shape index (κ1) is 19.4. The van der Waals surface area contributed by atoms with E-state index >= 15 is 0 Å². The van der Waals surface area contributed by atoms with Crippen LogP contribution in [0.5, 0.6) is 0 Å². The van der Waals surface area contributed by atoms with Crippen molar-refractivity contribution in [3.05, 3.63) is 17.0 Å². The zero-order chi connectivity index (χ0) is 17.4. The number of carbonyl (C=O) groups excluding carboxylic acids is 2. The lowest BCUT2D eigenvalue weighted by Crippen LogP contribution is -2.35. The maximum absolute atomic E-state index is 11.8. The Balaban J connectivity index is 2.46. The van der Waals surface area contributed by atoms with Crippen LogP contribution in [-0.4, -0.2) is 40.7 Å². The maximum atomic E-state index is 11.8. The van der Waals surface area contributed by atoms with E-state index in [2.05, 4.69) is 15.3 Å². The molecule has 0 aliphatic heterocycles. The third kappa shape index (κ3) is 6.56. The highest BCUT2D eigenvalue weighted by Crippen LogP contribution is 2.17. The zero-order valence-electron chi connectivity index (χ0n) is 14.4. The molecule has 1 amide bonds. The minimum atomic E-state index is -0.392. The number of aryl methyl sites for hydroxylation is 2. The molecule has 128 valence electrons. The van der Waals surface area contributed by atoms with Crippen LogP contribution in [0.15, 0.2) is 5.16 Å². The Bertz CT molecular complexity index is 540. The highest BCUT2D eigenvalue weighted by molar-refractivity contribution is 7.98. The number of esters is 1. The largest absolute Gasteiger partial charge is 0.456 e. The number of hydrogen-bond donors (Lipinski definition) is 1. The standard InChI is InChI=1S/C16H25N3O3S/c1-6-10(2)17-14(20)9-22-15(21)8-7-13-11(3)18-16(23-5)19-12(13)4/h10H,6-9H2,1-5H3,(H,17,20). The van der Waals surface area contributed by atoms with Gasteiger partial charge in [-0.15, -0.1) is 0 Å². The Hall–Kier alpha value is -1.63. The number of nitrogens with zero attached hydrogens (tertiary/aromatic N) is 2. The van der Waals surface area contributed by atoms with Gasteiger partial charge in [-0.1, -0.05) is 18.7 Å². The summed E-state index contributed by atoms with van der Waals surface area (Å²) in [6, 6.07) is 0.0820. The average Bonchev–Trinajstić information content (AvgIpc) is 2.51. The van der Waals surface area contributed by atoms with Crippen LogP contribution in [0, 0.1) is 13.8 Å². The van der Waals surface area contributed by atoms with Crippen molar-refractivity contribution < 1.29 is 14.3 Å². The van der Waals surface area contributed by atoms with E-state index in [1.807, 2.05) is 34.0 Å². The summed E-state index contributed by atoms with van der Waals surface area (Å²) in [5, 5.41) is 3.48. The summed E-state index contributed by atoms with van der Waals surface area (Å²) >= 11 is 1.49. The molecule has 0 saturated carbocycles. The van der Waals surface area contributed by atoms with Crippen molar-refractivity contribution in [2.24, 2.45) is 0 Å². The Labute approximate surface area is 141 Å². The fourth-order valence-electron chi connectivity index (χ4n) is 2.03. The highest BCUT2D eigenvalue weighted by Gasteiger charge is 2.13. The minimum Gasteiger partial charge on any atom is -0.456 e. The van der Waals surface area contributed by atoms with E-state index in [0.717, 1.165) is 28.5 Å². The molecule has 1 aromatic heterocycles. The van der Waals surface area contributed by atoms with E-state index in [-0.39, 0.29) is 25.0 Å². The molecule has 7 heteroatoms. The van der Waals surface area contributed by atoms with E-state index in [9.17, 15) is 9.59 Å². The molecule has 0 aliphatic rings. The Morgan fingerprint density at radius 2 is 1.87 bits per heavy atom. The van der Waals surface area contributed by atoms with Gasteiger partial charge in [0.15, 0.2) is 11.8 Å². The van der Waals surface area contributed by atoms with Crippen LogP contribution in [0.3, 0.4) is 0 Å². The summed E-state index contributed by atoms with van der Waals surface area (Å²) in [6.45, 7) is 7.47. The minimum absolute atomic E-state index is 0.0820. The topological polar surface area (TPSA) is 81.2 Å². The van der Waals surface area contributed by atoms with E-state index in [0.29, 0.717) is 6.42 Å². The molecular formula is C16H25N3O3S. The molecule has 0 bridgehead atoms. The molecule has 1 rings (SSSR count). The van der Waals surface area contributed by atoms with Crippen molar-refractivity contribution in [3.8, 4) is 0 Å². The van der Waals surface area contributed by atoms with Gasteiger partial charge in [-0.05, 0) is 45.4 Å². The van der Waals surface area contributed by atoms with Crippen molar-refractivity contribution in [2.75, 3.05) is 12.9 Å². The number of aromatic nitrogens is 2. The van der Waals surface area contributed by atoms with Gasteiger partial charge in [0.2, 0.25) is 0 Å². The van der Waals surface area contributed by atoms with Gasteiger partial charge in [0.05, 0.1) is 0 Å². The summed E-state index contributed by atoms with van der Waals surface area (Å²) < 4.78 is 5.00. The lowest BCUT2D eigenvalue weighted by atomic mass is 10.1. The smallest absolute Gasteiger partial charge is 0.306 e. The van der Waals surface area contributed by atoms with E-state index in [1.165, 1.54) is 11.8 Å².